The van der Waals surface area contributed by atoms with E-state index in [0.29, 0.717) is 19.3 Å². The number of nitrogens with two attached hydrogens (primary N) is 1. The van der Waals surface area contributed by atoms with Crippen LogP contribution in [-0.2, 0) is 14.3 Å². The van der Waals surface area contributed by atoms with E-state index in [1.54, 1.807) is 6.92 Å². The SMILES string of the molecule is CCCCCCCCCCCCCCC(CCCCCCCCCC)(OC(=O)[C@H](C)N)C(=O)CCCCCCCCCCCCC. The van der Waals surface area contributed by atoms with E-state index in [2.05, 4.69) is 20.8 Å². The number of rotatable bonds is 37. The topological polar surface area (TPSA) is 69.4 Å². The first-order chi connectivity index (χ1) is 22.4. The molecule has 2 atom stereocenters. The molecule has 0 saturated carbocycles. The molecular formula is C42H83NO3. The van der Waals surface area contributed by atoms with Gasteiger partial charge < -0.3 is 10.5 Å². The van der Waals surface area contributed by atoms with Gasteiger partial charge in [-0.25, -0.2) is 0 Å². The Morgan fingerprint density at radius 2 is 0.717 bits per heavy atom. The Hall–Kier alpha value is -0.900. The molecule has 0 bridgehead atoms. The first-order valence-electron chi connectivity index (χ1n) is 20.9. The van der Waals surface area contributed by atoms with Crippen LogP contribution in [0.3, 0.4) is 0 Å². The van der Waals surface area contributed by atoms with E-state index in [9.17, 15) is 9.59 Å². The van der Waals surface area contributed by atoms with E-state index in [-0.39, 0.29) is 5.78 Å². The number of ketones is 1. The molecule has 0 spiro atoms. The summed E-state index contributed by atoms with van der Waals surface area (Å²) in [7, 11) is 0. The van der Waals surface area contributed by atoms with Crippen molar-refractivity contribution in [1.29, 1.82) is 0 Å². The minimum Gasteiger partial charge on any atom is -0.450 e. The van der Waals surface area contributed by atoms with E-state index in [4.69, 9.17) is 10.5 Å². The highest BCUT2D eigenvalue weighted by Gasteiger charge is 2.41. The van der Waals surface area contributed by atoms with Crippen LogP contribution in [0.25, 0.3) is 0 Å². The fourth-order valence-electron chi connectivity index (χ4n) is 6.82. The second kappa shape index (κ2) is 34.0. The zero-order chi connectivity index (χ0) is 34.0. The maximum Gasteiger partial charge on any atom is 0.323 e. The molecule has 0 aliphatic rings. The zero-order valence-electron chi connectivity index (χ0n) is 31.9. The summed E-state index contributed by atoms with van der Waals surface area (Å²) in [6.07, 6.45) is 40.9. The summed E-state index contributed by atoms with van der Waals surface area (Å²) in [5.74, 6) is -0.255. The van der Waals surface area contributed by atoms with Gasteiger partial charge in [-0.1, -0.05) is 201 Å². The number of hydrogen-bond donors (Lipinski definition) is 1. The van der Waals surface area contributed by atoms with E-state index in [0.717, 1.165) is 38.5 Å². The predicted octanol–water partition coefficient (Wildman–Crippen LogP) is 13.5. The summed E-state index contributed by atoms with van der Waals surface area (Å²) >= 11 is 0. The summed E-state index contributed by atoms with van der Waals surface area (Å²) < 4.78 is 6.16. The largest absolute Gasteiger partial charge is 0.450 e. The number of carbonyl (C=O) groups is 2. The lowest BCUT2D eigenvalue weighted by molar-refractivity contribution is -0.171. The first kappa shape index (κ1) is 45.1. The van der Waals surface area contributed by atoms with Crippen LogP contribution in [0.15, 0.2) is 0 Å². The normalized spacial score (nSPS) is 13.5. The lowest BCUT2D eigenvalue weighted by Gasteiger charge is -2.33. The van der Waals surface area contributed by atoms with Crippen LogP contribution in [0.1, 0.15) is 246 Å². The maximum absolute atomic E-state index is 13.9. The van der Waals surface area contributed by atoms with Crippen LogP contribution in [0, 0.1) is 0 Å². The highest BCUT2D eigenvalue weighted by Crippen LogP contribution is 2.31. The third-order valence-electron chi connectivity index (χ3n) is 10.1. The number of ether oxygens (including phenoxy) is 1. The van der Waals surface area contributed by atoms with Crippen molar-refractivity contribution in [1.82, 2.24) is 0 Å². The van der Waals surface area contributed by atoms with Gasteiger partial charge in [0.15, 0.2) is 11.4 Å². The molecule has 0 aromatic carbocycles. The Kier molecular flexibility index (Phi) is 33.3. The van der Waals surface area contributed by atoms with Crippen LogP contribution in [-0.4, -0.2) is 23.4 Å². The van der Waals surface area contributed by atoms with Crippen molar-refractivity contribution in [2.75, 3.05) is 0 Å². The van der Waals surface area contributed by atoms with Crippen molar-refractivity contribution in [2.45, 2.75) is 258 Å². The first-order valence-corrected chi connectivity index (χ1v) is 20.9. The van der Waals surface area contributed by atoms with Gasteiger partial charge in [0.25, 0.3) is 0 Å². The third kappa shape index (κ3) is 27.1. The number of carbonyl (C=O) groups excluding carboxylic acids is 2. The van der Waals surface area contributed by atoms with Gasteiger partial charge in [0, 0.05) is 6.42 Å². The second-order valence-electron chi connectivity index (χ2n) is 14.8. The summed E-state index contributed by atoms with van der Waals surface area (Å²) in [6, 6.07) is -0.699. The maximum atomic E-state index is 13.9. The van der Waals surface area contributed by atoms with Crippen LogP contribution in [0.4, 0.5) is 0 Å². The average Bonchev–Trinajstić information content (AvgIpc) is 3.04. The van der Waals surface area contributed by atoms with Crippen LogP contribution in [0.2, 0.25) is 0 Å². The van der Waals surface area contributed by atoms with Gasteiger partial charge in [-0.05, 0) is 39.0 Å². The van der Waals surface area contributed by atoms with Crippen molar-refractivity contribution in [3.05, 3.63) is 0 Å². The minimum atomic E-state index is -0.982. The van der Waals surface area contributed by atoms with Gasteiger partial charge in [-0.2, -0.15) is 0 Å². The van der Waals surface area contributed by atoms with Gasteiger partial charge in [-0.3, -0.25) is 9.59 Å². The van der Waals surface area contributed by atoms with Crippen LogP contribution in [0.5, 0.6) is 0 Å². The molecule has 0 radical (unpaired) electrons. The van der Waals surface area contributed by atoms with Crippen LogP contribution < -0.4 is 5.73 Å². The van der Waals surface area contributed by atoms with Gasteiger partial charge in [0.2, 0.25) is 0 Å². The Balaban J connectivity index is 4.88. The molecule has 4 heteroatoms. The lowest BCUT2D eigenvalue weighted by Crippen LogP contribution is -2.46. The minimum absolute atomic E-state index is 0.156. The standard InChI is InChI=1S/C42H83NO3/c1-5-8-11-14-17-20-22-24-26-29-32-35-38-42(46-41(45)39(4)43,37-34-31-28-19-16-13-10-7-3)40(44)36-33-30-27-25-23-21-18-15-12-9-6-2/h39H,5-38,43H2,1-4H3/t39-,42?/m0/s1. The van der Waals surface area contributed by atoms with Crippen molar-refractivity contribution in [3.63, 3.8) is 0 Å². The molecule has 1 unspecified atom stereocenters. The highest BCUT2D eigenvalue weighted by atomic mass is 16.6. The molecule has 0 heterocycles. The summed E-state index contributed by atoms with van der Waals surface area (Å²) in [5.41, 5.74) is 4.99. The Morgan fingerprint density at radius 1 is 0.457 bits per heavy atom. The Labute approximate surface area is 288 Å². The molecule has 2 N–H and O–H groups in total. The quantitative estimate of drug-likeness (QED) is 0.0537. The van der Waals surface area contributed by atoms with Gasteiger partial charge in [-0.15, -0.1) is 0 Å². The highest BCUT2D eigenvalue weighted by molar-refractivity contribution is 5.90. The number of hydrogen-bond acceptors (Lipinski definition) is 4. The molecule has 0 saturated heterocycles. The smallest absolute Gasteiger partial charge is 0.323 e. The molecule has 4 nitrogen and oxygen atoms in total. The molecule has 0 aliphatic heterocycles. The predicted molar refractivity (Wildman–Crippen MR) is 201 cm³/mol. The van der Waals surface area contributed by atoms with Crippen molar-refractivity contribution in [3.8, 4) is 0 Å². The van der Waals surface area contributed by atoms with Gasteiger partial charge in [0.1, 0.15) is 6.04 Å². The number of unbranched alkanes of at least 4 members (excludes halogenated alkanes) is 28. The monoisotopic (exact) mass is 650 g/mol. The molecule has 0 rings (SSSR count). The molecule has 46 heavy (non-hydrogen) atoms. The van der Waals surface area contributed by atoms with Crippen molar-refractivity contribution in [2.24, 2.45) is 5.73 Å². The second-order valence-corrected chi connectivity index (χ2v) is 14.8. The average molecular weight is 650 g/mol. The van der Waals surface area contributed by atoms with E-state index in [1.165, 1.54) is 161 Å². The summed E-state index contributed by atoms with van der Waals surface area (Å²) in [5, 5.41) is 0. The van der Waals surface area contributed by atoms with E-state index in [1.807, 2.05) is 0 Å². The van der Waals surface area contributed by atoms with Crippen LogP contribution >= 0.6 is 0 Å². The fraction of sp³-hybridized carbons (Fsp3) is 0.952. The molecule has 0 aliphatic carbocycles. The number of esters is 1. The lowest BCUT2D eigenvalue weighted by atomic mass is 9.83. The Morgan fingerprint density at radius 3 is 1.00 bits per heavy atom. The molecule has 0 aromatic heterocycles. The van der Waals surface area contributed by atoms with Gasteiger partial charge >= 0.3 is 5.97 Å². The van der Waals surface area contributed by atoms with Crippen molar-refractivity contribution < 1.29 is 14.3 Å². The van der Waals surface area contributed by atoms with E-state index < -0.39 is 17.6 Å². The number of Topliss-reactive ketones (excluding diaryl/α,β-unsaturated/α-hetero) is 1. The van der Waals surface area contributed by atoms with Crippen molar-refractivity contribution >= 4 is 11.8 Å². The molecular weight excluding hydrogens is 566 g/mol. The fourth-order valence-corrected chi connectivity index (χ4v) is 6.82. The molecule has 274 valence electrons. The van der Waals surface area contributed by atoms with Gasteiger partial charge in [0.05, 0.1) is 0 Å². The third-order valence-corrected chi connectivity index (χ3v) is 10.1. The molecule has 0 amide bonds. The Bertz CT molecular complexity index is 663. The van der Waals surface area contributed by atoms with E-state index >= 15 is 0 Å². The summed E-state index contributed by atoms with van der Waals surface area (Å²) in [6.45, 7) is 8.49. The molecule has 0 fully saturated rings. The molecule has 0 aromatic rings. The zero-order valence-corrected chi connectivity index (χ0v) is 31.9. The summed E-state index contributed by atoms with van der Waals surface area (Å²) in [4.78, 5) is 26.8.